The molecule has 4 aromatic rings. The lowest BCUT2D eigenvalue weighted by atomic mass is 10.1. The van der Waals surface area contributed by atoms with Gasteiger partial charge in [0.25, 0.3) is 5.91 Å². The van der Waals surface area contributed by atoms with Crippen molar-refractivity contribution in [3.05, 3.63) is 78.1 Å². The fourth-order valence-electron chi connectivity index (χ4n) is 3.03. The highest BCUT2D eigenvalue weighted by Gasteiger charge is 2.18. The highest BCUT2D eigenvalue weighted by molar-refractivity contribution is 5.93. The van der Waals surface area contributed by atoms with E-state index in [-0.39, 0.29) is 11.7 Å². The number of nitrogens with one attached hydrogen (secondary N) is 2. The number of phenolic OH excluding ortho intramolecular Hbond substituents is 1. The smallest absolute Gasteiger partial charge is 0.271 e. The predicted octanol–water partition coefficient (Wildman–Crippen LogP) is 3.44. The Balaban J connectivity index is 1.51. The molecule has 7 nitrogen and oxygen atoms in total. The molecule has 0 unspecified atom stereocenters. The third-order valence-electron chi connectivity index (χ3n) is 4.51. The van der Waals surface area contributed by atoms with Crippen molar-refractivity contribution in [3.8, 4) is 28.3 Å². The number of H-pyrrole nitrogens is 2. The first-order valence-electron chi connectivity index (χ1n) is 8.80. The first-order valence-corrected chi connectivity index (χ1v) is 8.80. The number of hydrogen-bond donors (Lipinski definition) is 3. The number of phenols is 1. The predicted molar refractivity (Wildman–Crippen MR) is 106 cm³/mol. The lowest BCUT2D eigenvalue weighted by Crippen LogP contribution is -2.26. The van der Waals surface area contributed by atoms with Gasteiger partial charge in [-0.15, -0.1) is 0 Å². The zero-order chi connectivity index (χ0) is 19.5. The number of aromatic nitrogens is 4. The number of hydrogen-bond acceptors (Lipinski definition) is 4. The second-order valence-electron chi connectivity index (χ2n) is 6.51. The van der Waals surface area contributed by atoms with Crippen LogP contribution in [0, 0.1) is 0 Å². The van der Waals surface area contributed by atoms with Crippen molar-refractivity contribution in [2.24, 2.45) is 0 Å². The van der Waals surface area contributed by atoms with Crippen LogP contribution in [0.5, 0.6) is 5.75 Å². The summed E-state index contributed by atoms with van der Waals surface area (Å²) < 4.78 is 0. The monoisotopic (exact) mass is 373 g/mol. The summed E-state index contributed by atoms with van der Waals surface area (Å²) in [6.07, 6.45) is 1.74. The lowest BCUT2D eigenvalue weighted by molar-refractivity contribution is 0.0779. The Morgan fingerprint density at radius 1 is 1.04 bits per heavy atom. The average molecular weight is 373 g/mol. The topological polar surface area (TPSA) is 97.9 Å². The Labute approximate surface area is 161 Å². The summed E-state index contributed by atoms with van der Waals surface area (Å²) in [5, 5.41) is 23.5. The highest BCUT2D eigenvalue weighted by atomic mass is 16.3. The molecule has 0 radical (unpaired) electrons. The normalized spacial score (nSPS) is 10.8. The molecule has 0 aliphatic heterocycles. The van der Waals surface area contributed by atoms with Crippen LogP contribution in [-0.4, -0.2) is 43.4 Å². The van der Waals surface area contributed by atoms with E-state index in [1.165, 1.54) is 0 Å². The zero-order valence-corrected chi connectivity index (χ0v) is 15.3. The van der Waals surface area contributed by atoms with Gasteiger partial charge in [-0.05, 0) is 35.9 Å². The summed E-state index contributed by atoms with van der Waals surface area (Å²) in [5.41, 5.74) is 4.71. The van der Waals surface area contributed by atoms with Crippen molar-refractivity contribution in [1.29, 1.82) is 0 Å². The first-order chi connectivity index (χ1) is 13.6. The molecule has 1 amide bonds. The molecule has 2 aromatic heterocycles. The van der Waals surface area contributed by atoms with E-state index >= 15 is 0 Å². The molecule has 0 atom stereocenters. The Kier molecular flexibility index (Phi) is 4.63. The number of aromatic amines is 2. The summed E-state index contributed by atoms with van der Waals surface area (Å²) in [6.45, 7) is 0.410. The zero-order valence-electron chi connectivity index (χ0n) is 15.3. The Hall–Kier alpha value is -3.87. The molecule has 0 bridgehead atoms. The second-order valence-corrected chi connectivity index (χ2v) is 6.51. The molecule has 7 heteroatoms. The molecule has 28 heavy (non-hydrogen) atoms. The van der Waals surface area contributed by atoms with E-state index in [0.717, 1.165) is 22.4 Å². The van der Waals surface area contributed by atoms with E-state index in [9.17, 15) is 9.90 Å². The first kappa shape index (κ1) is 17.5. The fraction of sp³-hybridized carbons (Fsp3) is 0.0952. The van der Waals surface area contributed by atoms with E-state index in [0.29, 0.717) is 17.9 Å². The van der Waals surface area contributed by atoms with Gasteiger partial charge in [0.15, 0.2) is 0 Å². The van der Waals surface area contributed by atoms with Crippen LogP contribution >= 0.6 is 0 Å². The number of nitrogens with zero attached hydrogens (tertiary/aromatic N) is 3. The molecular weight excluding hydrogens is 354 g/mol. The van der Waals surface area contributed by atoms with E-state index in [1.54, 1.807) is 48.5 Å². The number of carbonyl (C=O) groups is 1. The van der Waals surface area contributed by atoms with E-state index in [2.05, 4.69) is 20.4 Å². The van der Waals surface area contributed by atoms with Gasteiger partial charge < -0.3 is 10.0 Å². The second kappa shape index (κ2) is 7.40. The molecule has 0 spiro atoms. The number of carbonyl (C=O) groups excluding carboxylic acids is 1. The van der Waals surface area contributed by atoms with Gasteiger partial charge in [0.2, 0.25) is 0 Å². The number of rotatable bonds is 5. The number of aromatic hydroxyl groups is 1. The third kappa shape index (κ3) is 3.50. The number of amides is 1. The summed E-state index contributed by atoms with van der Waals surface area (Å²) in [7, 11) is 1.74. The van der Waals surface area contributed by atoms with Crippen LogP contribution in [0.25, 0.3) is 22.5 Å². The van der Waals surface area contributed by atoms with Gasteiger partial charge in [-0.3, -0.25) is 15.0 Å². The van der Waals surface area contributed by atoms with Gasteiger partial charge in [0, 0.05) is 24.7 Å². The molecule has 3 N–H and O–H groups in total. The Morgan fingerprint density at radius 3 is 2.54 bits per heavy atom. The minimum atomic E-state index is -0.169. The van der Waals surface area contributed by atoms with Crippen molar-refractivity contribution in [1.82, 2.24) is 25.3 Å². The average Bonchev–Trinajstić information content (AvgIpc) is 3.38. The summed E-state index contributed by atoms with van der Waals surface area (Å²) in [4.78, 5) is 14.4. The van der Waals surface area contributed by atoms with Crippen molar-refractivity contribution in [2.75, 3.05) is 7.05 Å². The maximum atomic E-state index is 12.8. The van der Waals surface area contributed by atoms with Crippen molar-refractivity contribution >= 4 is 5.91 Å². The quantitative estimate of drug-likeness (QED) is 0.499. The van der Waals surface area contributed by atoms with Crippen LogP contribution < -0.4 is 0 Å². The molecule has 0 aliphatic rings. The molecule has 140 valence electrons. The maximum absolute atomic E-state index is 12.8. The van der Waals surface area contributed by atoms with Crippen LogP contribution in [0.3, 0.4) is 0 Å². The van der Waals surface area contributed by atoms with E-state index < -0.39 is 0 Å². The minimum Gasteiger partial charge on any atom is -0.508 e. The van der Waals surface area contributed by atoms with Gasteiger partial charge in [-0.1, -0.05) is 30.3 Å². The van der Waals surface area contributed by atoms with Gasteiger partial charge >= 0.3 is 0 Å². The Morgan fingerprint density at radius 2 is 1.79 bits per heavy atom. The van der Waals surface area contributed by atoms with E-state index in [4.69, 9.17) is 0 Å². The van der Waals surface area contributed by atoms with Crippen molar-refractivity contribution < 1.29 is 9.90 Å². The molecule has 2 heterocycles. The van der Waals surface area contributed by atoms with Crippen LogP contribution in [-0.2, 0) is 6.54 Å². The molecule has 0 aliphatic carbocycles. The summed E-state index contributed by atoms with van der Waals surface area (Å²) in [6, 6.07) is 18.3. The summed E-state index contributed by atoms with van der Waals surface area (Å²) >= 11 is 0. The SMILES string of the molecule is CN(Cc1cn[nH]c1-c1ccccc1)C(=O)c1cc(-c2ccc(O)cc2)n[nH]1. The maximum Gasteiger partial charge on any atom is 0.271 e. The highest BCUT2D eigenvalue weighted by Crippen LogP contribution is 2.23. The van der Waals surface area contributed by atoms with Gasteiger partial charge in [0.1, 0.15) is 11.4 Å². The minimum absolute atomic E-state index is 0.169. The lowest BCUT2D eigenvalue weighted by Gasteiger charge is -2.16. The summed E-state index contributed by atoms with van der Waals surface area (Å²) in [5.74, 6) is 0.0161. The molecular formula is C21H19N5O2. The fourth-order valence-corrected chi connectivity index (χ4v) is 3.03. The van der Waals surface area contributed by atoms with Gasteiger partial charge in [-0.2, -0.15) is 10.2 Å². The van der Waals surface area contributed by atoms with Crippen LogP contribution in [0.15, 0.2) is 66.9 Å². The van der Waals surface area contributed by atoms with Crippen molar-refractivity contribution in [3.63, 3.8) is 0 Å². The molecule has 0 saturated carbocycles. The third-order valence-corrected chi connectivity index (χ3v) is 4.51. The molecule has 4 rings (SSSR count). The molecule has 0 saturated heterocycles. The standard InChI is InChI=1S/C21H19N5O2/c1-26(13-16-12-22-25-20(16)15-5-3-2-4-6-15)21(28)19-11-18(23-24-19)14-7-9-17(27)10-8-14/h2-12,27H,13H2,1H3,(H,22,25)(H,23,24). The van der Waals surface area contributed by atoms with E-state index in [1.807, 2.05) is 30.3 Å². The molecule has 0 fully saturated rings. The van der Waals surface area contributed by atoms with Crippen molar-refractivity contribution in [2.45, 2.75) is 6.54 Å². The molecule has 2 aromatic carbocycles. The number of benzene rings is 2. The van der Waals surface area contributed by atoms with Gasteiger partial charge in [-0.25, -0.2) is 0 Å². The van der Waals surface area contributed by atoms with Crippen LogP contribution in [0.2, 0.25) is 0 Å². The van der Waals surface area contributed by atoms with Crippen LogP contribution in [0.1, 0.15) is 16.1 Å². The van der Waals surface area contributed by atoms with Crippen LogP contribution in [0.4, 0.5) is 0 Å². The largest absolute Gasteiger partial charge is 0.508 e. The van der Waals surface area contributed by atoms with Gasteiger partial charge in [0.05, 0.1) is 17.6 Å². The Bertz CT molecular complexity index is 1080.